The molecule has 0 aromatic heterocycles. The first-order valence-corrected chi connectivity index (χ1v) is 12.1. The Balaban J connectivity index is 1.53. The van der Waals surface area contributed by atoms with E-state index in [1.807, 2.05) is 0 Å². The molecule has 0 saturated heterocycles. The summed E-state index contributed by atoms with van der Waals surface area (Å²) in [7, 11) is 0. The van der Waals surface area contributed by atoms with Gasteiger partial charge in [0, 0.05) is 25.7 Å². The van der Waals surface area contributed by atoms with Gasteiger partial charge in [0.05, 0.1) is 11.8 Å². The molecule has 1 atom stereocenters. The van der Waals surface area contributed by atoms with Crippen LogP contribution >= 0.6 is 0 Å². The van der Waals surface area contributed by atoms with Crippen LogP contribution in [-0.4, -0.2) is 24.1 Å². The lowest BCUT2D eigenvalue weighted by molar-refractivity contribution is 0.233. The lowest BCUT2D eigenvalue weighted by atomic mass is 9.93. The predicted octanol–water partition coefficient (Wildman–Crippen LogP) is 7.24. The average Bonchev–Trinajstić information content (AvgIpc) is 2.84. The summed E-state index contributed by atoms with van der Waals surface area (Å²) in [5.41, 5.74) is 7.72. The molecule has 1 N–H and O–H groups in total. The second-order valence-corrected chi connectivity index (χ2v) is 9.23. The zero-order valence-electron chi connectivity index (χ0n) is 20.3. The highest BCUT2D eigenvalue weighted by Gasteiger charge is 2.21. The van der Waals surface area contributed by atoms with Crippen LogP contribution in [0.15, 0.2) is 78.9 Å². The van der Waals surface area contributed by atoms with Crippen molar-refractivity contribution in [2.75, 3.05) is 18.4 Å². The number of ether oxygens (including phenoxy) is 1. The summed E-state index contributed by atoms with van der Waals surface area (Å²) in [6.07, 6.45) is 3.58. The van der Waals surface area contributed by atoms with Gasteiger partial charge in [-0.1, -0.05) is 66.7 Å². The fourth-order valence-electron chi connectivity index (χ4n) is 4.54. The smallest absolute Gasteiger partial charge is 0.143 e. The number of aryl methyl sites for hydroxylation is 1. The summed E-state index contributed by atoms with van der Waals surface area (Å²) in [4.78, 5) is 2.55. The van der Waals surface area contributed by atoms with E-state index in [1.165, 1.54) is 27.8 Å². The van der Waals surface area contributed by atoms with Crippen LogP contribution in [0.5, 0.6) is 5.75 Å². The number of nitrogens with one attached hydrogen (secondary N) is 1. The Kier molecular flexibility index (Phi) is 7.51. The number of nitrogens with zero attached hydrogens (tertiary/aromatic N) is 1. The zero-order valence-corrected chi connectivity index (χ0v) is 20.3. The first-order chi connectivity index (χ1) is 16.0. The molecular formula is C30H36N2O. The Morgan fingerprint density at radius 2 is 1.64 bits per heavy atom. The summed E-state index contributed by atoms with van der Waals surface area (Å²) in [5, 5.41) is 3.59. The van der Waals surface area contributed by atoms with Crippen molar-refractivity contribution in [3.8, 4) is 5.75 Å². The van der Waals surface area contributed by atoms with Crippen LogP contribution < -0.4 is 10.1 Å². The van der Waals surface area contributed by atoms with Gasteiger partial charge in [0.25, 0.3) is 0 Å². The van der Waals surface area contributed by atoms with Crippen molar-refractivity contribution >= 4 is 11.3 Å². The van der Waals surface area contributed by atoms with Gasteiger partial charge in [-0.15, -0.1) is 0 Å². The van der Waals surface area contributed by atoms with E-state index in [2.05, 4.69) is 117 Å². The zero-order chi connectivity index (χ0) is 23.2. The van der Waals surface area contributed by atoms with Crippen LogP contribution in [-0.2, 0) is 6.54 Å². The van der Waals surface area contributed by atoms with Gasteiger partial charge in [0.2, 0.25) is 0 Å². The average molecular weight is 441 g/mol. The summed E-state index contributed by atoms with van der Waals surface area (Å²) in [6, 6.07) is 26.2. The van der Waals surface area contributed by atoms with E-state index in [1.54, 1.807) is 0 Å². The molecule has 1 aliphatic rings. The van der Waals surface area contributed by atoms with Gasteiger partial charge < -0.3 is 10.1 Å². The van der Waals surface area contributed by atoms with Crippen molar-refractivity contribution in [2.45, 2.75) is 52.8 Å². The molecule has 1 unspecified atom stereocenters. The second kappa shape index (κ2) is 10.7. The molecule has 0 fully saturated rings. The molecule has 0 aliphatic carbocycles. The molecule has 33 heavy (non-hydrogen) atoms. The number of anilines is 1. The Labute approximate surface area is 199 Å². The third-order valence-corrected chi connectivity index (χ3v) is 6.43. The van der Waals surface area contributed by atoms with Gasteiger partial charge in [-0.2, -0.15) is 0 Å². The highest BCUT2D eigenvalue weighted by atomic mass is 16.5. The number of hydrogen-bond donors (Lipinski definition) is 1. The van der Waals surface area contributed by atoms with Crippen molar-refractivity contribution in [2.24, 2.45) is 0 Å². The number of benzene rings is 3. The summed E-state index contributed by atoms with van der Waals surface area (Å²) in [6.45, 7) is 11.5. The molecule has 0 radical (unpaired) electrons. The molecule has 0 spiro atoms. The lowest BCUT2D eigenvalue weighted by Gasteiger charge is -2.32. The van der Waals surface area contributed by atoms with Crippen molar-refractivity contribution in [3.05, 3.63) is 101 Å². The van der Waals surface area contributed by atoms with Crippen molar-refractivity contribution < 1.29 is 4.74 Å². The molecule has 1 heterocycles. The Bertz CT molecular complexity index is 1070. The van der Waals surface area contributed by atoms with E-state index in [0.29, 0.717) is 6.04 Å². The minimum atomic E-state index is 0.125. The van der Waals surface area contributed by atoms with Gasteiger partial charge in [-0.25, -0.2) is 0 Å². The van der Waals surface area contributed by atoms with Gasteiger partial charge in [0.15, 0.2) is 0 Å². The maximum absolute atomic E-state index is 6.24. The van der Waals surface area contributed by atoms with E-state index in [9.17, 15) is 0 Å². The van der Waals surface area contributed by atoms with Crippen LogP contribution in [0.1, 0.15) is 55.5 Å². The molecule has 4 rings (SSSR count). The van der Waals surface area contributed by atoms with E-state index in [-0.39, 0.29) is 6.10 Å². The van der Waals surface area contributed by atoms with Crippen molar-refractivity contribution in [3.63, 3.8) is 0 Å². The Morgan fingerprint density at radius 1 is 0.939 bits per heavy atom. The lowest BCUT2D eigenvalue weighted by Crippen LogP contribution is -2.31. The highest BCUT2D eigenvalue weighted by molar-refractivity contribution is 5.74. The fourth-order valence-corrected chi connectivity index (χ4v) is 4.54. The molecule has 0 saturated carbocycles. The van der Waals surface area contributed by atoms with Crippen molar-refractivity contribution in [1.29, 1.82) is 0 Å². The Morgan fingerprint density at radius 3 is 2.27 bits per heavy atom. The third-order valence-electron chi connectivity index (χ3n) is 6.43. The van der Waals surface area contributed by atoms with E-state index >= 15 is 0 Å². The maximum atomic E-state index is 6.24. The van der Waals surface area contributed by atoms with Gasteiger partial charge in [0.1, 0.15) is 5.75 Å². The van der Waals surface area contributed by atoms with Crippen molar-refractivity contribution in [1.82, 2.24) is 4.90 Å². The van der Waals surface area contributed by atoms with E-state index < -0.39 is 0 Å². The standard InChI is InChI=1S/C30H36N2O/c1-22(2)33-30-20-28(23(3)19-29(30)31-21-25-11-7-5-8-12-25)27-15-17-32(18-16-27)24(4)26-13-9-6-10-14-26/h5-15,19-20,22,24,31H,16-18,21H2,1-4H3. The molecular weight excluding hydrogens is 404 g/mol. The first-order valence-electron chi connectivity index (χ1n) is 12.1. The van der Waals surface area contributed by atoms with Crippen LogP contribution in [0.25, 0.3) is 5.57 Å². The highest BCUT2D eigenvalue weighted by Crippen LogP contribution is 2.36. The molecule has 3 aromatic carbocycles. The van der Waals surface area contributed by atoms with Gasteiger partial charge >= 0.3 is 0 Å². The predicted molar refractivity (Wildman–Crippen MR) is 140 cm³/mol. The topological polar surface area (TPSA) is 24.5 Å². The summed E-state index contributed by atoms with van der Waals surface area (Å²) < 4.78 is 6.24. The van der Waals surface area contributed by atoms with Gasteiger partial charge in [-0.3, -0.25) is 4.90 Å². The van der Waals surface area contributed by atoms with E-state index in [0.717, 1.165) is 37.5 Å². The largest absolute Gasteiger partial charge is 0.489 e. The molecule has 172 valence electrons. The monoisotopic (exact) mass is 440 g/mol. The van der Waals surface area contributed by atoms with Crippen LogP contribution in [0, 0.1) is 6.92 Å². The minimum absolute atomic E-state index is 0.125. The molecule has 3 aromatic rings. The fraction of sp³-hybridized carbons (Fsp3) is 0.333. The maximum Gasteiger partial charge on any atom is 0.143 e. The molecule has 1 aliphatic heterocycles. The second-order valence-electron chi connectivity index (χ2n) is 9.23. The number of hydrogen-bond acceptors (Lipinski definition) is 3. The minimum Gasteiger partial charge on any atom is -0.489 e. The normalized spacial score (nSPS) is 15.2. The quantitative estimate of drug-likeness (QED) is 0.399. The molecule has 0 bridgehead atoms. The molecule has 0 amide bonds. The SMILES string of the molecule is Cc1cc(NCc2ccccc2)c(OC(C)C)cc1C1=CCN(C(C)c2ccccc2)CC1. The van der Waals surface area contributed by atoms with Crippen LogP contribution in [0.2, 0.25) is 0 Å². The summed E-state index contributed by atoms with van der Waals surface area (Å²) >= 11 is 0. The molecule has 3 heteroatoms. The Hall–Kier alpha value is -3.04. The first kappa shape index (κ1) is 23.1. The third kappa shape index (κ3) is 5.85. The molecule has 3 nitrogen and oxygen atoms in total. The summed E-state index contributed by atoms with van der Waals surface area (Å²) in [5.74, 6) is 0.933. The van der Waals surface area contributed by atoms with E-state index in [4.69, 9.17) is 4.74 Å². The van der Waals surface area contributed by atoms with Gasteiger partial charge in [-0.05, 0) is 74.1 Å². The number of rotatable bonds is 8. The van der Waals surface area contributed by atoms with Crippen LogP contribution in [0.3, 0.4) is 0 Å². The van der Waals surface area contributed by atoms with Crippen LogP contribution in [0.4, 0.5) is 5.69 Å².